The van der Waals surface area contributed by atoms with Crippen molar-refractivity contribution in [3.05, 3.63) is 51.5 Å². The Bertz CT molecular complexity index is 673. The van der Waals surface area contributed by atoms with Crippen molar-refractivity contribution in [2.75, 3.05) is 7.11 Å². The highest BCUT2D eigenvalue weighted by atomic mass is 32.1. The van der Waals surface area contributed by atoms with E-state index in [0.29, 0.717) is 5.56 Å². The van der Waals surface area contributed by atoms with Gasteiger partial charge in [-0.25, -0.2) is 9.78 Å². The highest BCUT2D eigenvalue weighted by molar-refractivity contribution is 7.09. The fraction of sp³-hybridized carbons (Fsp3) is 0.444. The van der Waals surface area contributed by atoms with Crippen LogP contribution in [0.15, 0.2) is 29.6 Å². The molecule has 1 aromatic heterocycles. The monoisotopic (exact) mass is 330 g/mol. The van der Waals surface area contributed by atoms with Gasteiger partial charge in [-0.15, -0.1) is 11.3 Å². The van der Waals surface area contributed by atoms with Crippen molar-refractivity contribution in [3.63, 3.8) is 0 Å². The standard InChI is InChI=1S/C18H22N2O2S/c1-13-12-23-17(20-13)18(9-3-4-10-18)19-11-14-5-7-15(8-6-14)16(21)22-2/h5-8,12,19H,3-4,9-11H2,1-2H3. The van der Waals surface area contributed by atoms with Gasteiger partial charge in [-0.3, -0.25) is 0 Å². The lowest BCUT2D eigenvalue weighted by Crippen LogP contribution is -2.39. The molecule has 0 unspecified atom stereocenters. The second kappa shape index (κ2) is 6.81. The molecule has 0 aliphatic heterocycles. The summed E-state index contributed by atoms with van der Waals surface area (Å²) in [4.78, 5) is 16.2. The lowest BCUT2D eigenvalue weighted by Gasteiger charge is -2.28. The Kier molecular flexibility index (Phi) is 4.78. The second-order valence-corrected chi connectivity index (χ2v) is 6.98. The minimum Gasteiger partial charge on any atom is -0.465 e. The average molecular weight is 330 g/mol. The van der Waals surface area contributed by atoms with E-state index in [9.17, 15) is 4.79 Å². The zero-order valence-corrected chi connectivity index (χ0v) is 14.4. The van der Waals surface area contributed by atoms with Crippen LogP contribution in [-0.4, -0.2) is 18.1 Å². The summed E-state index contributed by atoms with van der Waals surface area (Å²) >= 11 is 1.76. The van der Waals surface area contributed by atoms with Gasteiger partial charge in [0.25, 0.3) is 0 Å². The smallest absolute Gasteiger partial charge is 0.337 e. The number of nitrogens with one attached hydrogen (secondary N) is 1. The summed E-state index contributed by atoms with van der Waals surface area (Å²) in [5.41, 5.74) is 2.86. The summed E-state index contributed by atoms with van der Waals surface area (Å²) in [6, 6.07) is 7.60. The second-order valence-electron chi connectivity index (χ2n) is 6.13. The summed E-state index contributed by atoms with van der Waals surface area (Å²) in [5, 5.41) is 7.07. The number of nitrogens with zero attached hydrogens (tertiary/aromatic N) is 1. The number of hydrogen-bond donors (Lipinski definition) is 1. The molecule has 3 rings (SSSR count). The number of carbonyl (C=O) groups is 1. The summed E-state index contributed by atoms with van der Waals surface area (Å²) in [5.74, 6) is -0.296. The number of ether oxygens (including phenoxy) is 1. The van der Waals surface area contributed by atoms with Gasteiger partial charge >= 0.3 is 5.97 Å². The largest absolute Gasteiger partial charge is 0.465 e. The summed E-state index contributed by atoms with van der Waals surface area (Å²) in [7, 11) is 1.40. The molecule has 2 aromatic rings. The molecule has 1 aromatic carbocycles. The fourth-order valence-electron chi connectivity index (χ4n) is 3.17. The first-order valence-corrected chi connectivity index (χ1v) is 8.86. The molecule has 1 heterocycles. The van der Waals surface area contributed by atoms with Crippen molar-refractivity contribution in [1.82, 2.24) is 10.3 Å². The van der Waals surface area contributed by atoms with Crippen molar-refractivity contribution in [2.24, 2.45) is 0 Å². The van der Waals surface area contributed by atoms with Crippen LogP contribution in [0.4, 0.5) is 0 Å². The third-order valence-electron chi connectivity index (χ3n) is 4.49. The zero-order chi connectivity index (χ0) is 16.3. The SMILES string of the molecule is COC(=O)c1ccc(CNC2(c3nc(C)cs3)CCCC2)cc1. The molecule has 0 radical (unpaired) electrons. The fourth-order valence-corrected chi connectivity index (χ4v) is 4.20. The molecule has 1 N–H and O–H groups in total. The average Bonchev–Trinajstić information content (AvgIpc) is 3.22. The van der Waals surface area contributed by atoms with Gasteiger partial charge in [-0.1, -0.05) is 25.0 Å². The molecule has 0 amide bonds. The molecule has 5 heteroatoms. The van der Waals surface area contributed by atoms with Gasteiger partial charge < -0.3 is 10.1 Å². The molecular weight excluding hydrogens is 308 g/mol. The molecule has 1 aliphatic rings. The predicted octanol–water partition coefficient (Wildman–Crippen LogP) is 3.80. The van der Waals surface area contributed by atoms with Crippen LogP contribution in [0, 0.1) is 6.92 Å². The summed E-state index contributed by atoms with van der Waals surface area (Å²) in [6.45, 7) is 2.83. The van der Waals surface area contributed by atoms with Crippen LogP contribution in [0.2, 0.25) is 0 Å². The maximum absolute atomic E-state index is 11.5. The van der Waals surface area contributed by atoms with Crippen molar-refractivity contribution < 1.29 is 9.53 Å². The van der Waals surface area contributed by atoms with Gasteiger partial charge in [0.2, 0.25) is 0 Å². The predicted molar refractivity (Wildman–Crippen MR) is 91.6 cm³/mol. The topological polar surface area (TPSA) is 51.2 Å². The molecule has 0 spiro atoms. The Balaban J connectivity index is 1.71. The van der Waals surface area contributed by atoms with E-state index >= 15 is 0 Å². The lowest BCUT2D eigenvalue weighted by molar-refractivity contribution is 0.0600. The van der Waals surface area contributed by atoms with Gasteiger partial charge in [0, 0.05) is 17.6 Å². The molecule has 122 valence electrons. The molecule has 23 heavy (non-hydrogen) atoms. The number of rotatable bonds is 5. The number of methoxy groups -OCH3 is 1. The molecule has 1 fully saturated rings. The molecule has 0 saturated heterocycles. The minimum absolute atomic E-state index is 0.0138. The van der Waals surface area contributed by atoms with Crippen molar-refractivity contribution >= 4 is 17.3 Å². The van der Waals surface area contributed by atoms with Crippen LogP contribution in [-0.2, 0) is 16.8 Å². The van der Waals surface area contributed by atoms with E-state index in [1.165, 1.54) is 25.0 Å². The van der Waals surface area contributed by atoms with Crippen LogP contribution in [0.3, 0.4) is 0 Å². The van der Waals surface area contributed by atoms with Gasteiger partial charge in [-0.2, -0.15) is 0 Å². The molecule has 1 saturated carbocycles. The number of aromatic nitrogens is 1. The molecule has 1 aliphatic carbocycles. The Morgan fingerprint density at radius 3 is 2.57 bits per heavy atom. The van der Waals surface area contributed by atoms with E-state index in [1.54, 1.807) is 11.3 Å². The van der Waals surface area contributed by atoms with E-state index in [2.05, 4.69) is 10.7 Å². The quantitative estimate of drug-likeness (QED) is 0.847. The van der Waals surface area contributed by atoms with E-state index in [-0.39, 0.29) is 11.5 Å². The first kappa shape index (κ1) is 16.1. The number of benzene rings is 1. The third kappa shape index (κ3) is 3.46. The maximum atomic E-state index is 11.5. The van der Waals surface area contributed by atoms with E-state index in [4.69, 9.17) is 9.72 Å². The van der Waals surface area contributed by atoms with Crippen LogP contribution in [0.1, 0.15) is 52.3 Å². The van der Waals surface area contributed by atoms with Gasteiger partial charge in [0.05, 0.1) is 18.2 Å². The molecule has 4 nitrogen and oxygen atoms in total. The molecule has 0 bridgehead atoms. The zero-order valence-electron chi connectivity index (χ0n) is 13.6. The summed E-state index contributed by atoms with van der Waals surface area (Å²) in [6.07, 6.45) is 4.76. The number of carbonyl (C=O) groups excluding carboxylic acids is 1. The Labute approximate surface area is 140 Å². The Morgan fingerprint density at radius 1 is 1.30 bits per heavy atom. The normalized spacial score (nSPS) is 16.4. The highest BCUT2D eigenvalue weighted by Crippen LogP contribution is 2.40. The van der Waals surface area contributed by atoms with E-state index in [0.717, 1.165) is 30.6 Å². The third-order valence-corrected chi connectivity index (χ3v) is 5.66. The van der Waals surface area contributed by atoms with Crippen molar-refractivity contribution in [2.45, 2.75) is 44.7 Å². The first-order chi connectivity index (χ1) is 11.1. The van der Waals surface area contributed by atoms with Crippen molar-refractivity contribution in [1.29, 1.82) is 0 Å². The Hall–Kier alpha value is -1.72. The van der Waals surface area contributed by atoms with Crippen LogP contribution < -0.4 is 5.32 Å². The number of aryl methyl sites for hydroxylation is 1. The van der Waals surface area contributed by atoms with Crippen LogP contribution in [0.25, 0.3) is 0 Å². The highest BCUT2D eigenvalue weighted by Gasteiger charge is 2.37. The van der Waals surface area contributed by atoms with Crippen molar-refractivity contribution in [3.8, 4) is 0 Å². The summed E-state index contributed by atoms with van der Waals surface area (Å²) < 4.78 is 4.73. The maximum Gasteiger partial charge on any atom is 0.337 e. The number of hydrogen-bond acceptors (Lipinski definition) is 5. The van der Waals surface area contributed by atoms with E-state index < -0.39 is 0 Å². The number of esters is 1. The van der Waals surface area contributed by atoms with E-state index in [1.807, 2.05) is 31.2 Å². The number of thiazole rings is 1. The molecular formula is C18H22N2O2S. The van der Waals surface area contributed by atoms with Crippen LogP contribution >= 0.6 is 11.3 Å². The molecule has 0 atom stereocenters. The van der Waals surface area contributed by atoms with Gasteiger partial charge in [0.15, 0.2) is 0 Å². The van der Waals surface area contributed by atoms with Gasteiger partial charge in [-0.05, 0) is 37.5 Å². The van der Waals surface area contributed by atoms with Crippen LogP contribution in [0.5, 0.6) is 0 Å². The Morgan fingerprint density at radius 2 is 2.00 bits per heavy atom. The van der Waals surface area contributed by atoms with Gasteiger partial charge in [0.1, 0.15) is 5.01 Å². The first-order valence-electron chi connectivity index (χ1n) is 7.98. The minimum atomic E-state index is -0.296. The lowest BCUT2D eigenvalue weighted by atomic mass is 9.97.